The van der Waals surface area contributed by atoms with E-state index < -0.39 is 0 Å². The second-order valence-electron chi connectivity index (χ2n) is 4.50. The Kier molecular flexibility index (Phi) is 4.74. The van der Waals surface area contributed by atoms with Crippen molar-refractivity contribution in [3.63, 3.8) is 0 Å². The van der Waals surface area contributed by atoms with Gasteiger partial charge in [-0.3, -0.25) is 4.98 Å². The summed E-state index contributed by atoms with van der Waals surface area (Å²) in [6.07, 6.45) is 2.85. The molecule has 0 radical (unpaired) electrons. The zero-order valence-electron chi connectivity index (χ0n) is 10.6. The van der Waals surface area contributed by atoms with E-state index in [1.807, 2.05) is 12.1 Å². The van der Waals surface area contributed by atoms with Crippen LogP contribution in [0.1, 0.15) is 45.9 Å². The normalized spacial score (nSPS) is 14.9. The van der Waals surface area contributed by atoms with Gasteiger partial charge < -0.3 is 10.5 Å². The number of nitrogens with two attached hydrogens (primary N) is 1. The van der Waals surface area contributed by atoms with Crippen LogP contribution in [0, 0.1) is 5.92 Å². The number of pyridine rings is 1. The molecule has 0 aliphatic rings. The summed E-state index contributed by atoms with van der Waals surface area (Å²) < 4.78 is 5.74. The number of hydrogen-bond acceptors (Lipinski definition) is 3. The molecule has 3 heteroatoms. The van der Waals surface area contributed by atoms with Crippen molar-refractivity contribution in [2.45, 2.75) is 46.3 Å². The van der Waals surface area contributed by atoms with Crippen LogP contribution in [0.25, 0.3) is 0 Å². The Bertz CT molecular complexity index is 308. The highest BCUT2D eigenvalue weighted by Crippen LogP contribution is 2.17. The molecule has 0 amide bonds. The van der Waals surface area contributed by atoms with Crippen molar-refractivity contribution in [1.29, 1.82) is 0 Å². The van der Waals surface area contributed by atoms with Crippen LogP contribution in [-0.2, 0) is 0 Å². The molecule has 0 spiro atoms. The van der Waals surface area contributed by atoms with E-state index in [-0.39, 0.29) is 12.1 Å². The van der Waals surface area contributed by atoms with Gasteiger partial charge >= 0.3 is 0 Å². The van der Waals surface area contributed by atoms with E-state index in [0.717, 1.165) is 17.9 Å². The Morgan fingerprint density at radius 1 is 1.31 bits per heavy atom. The van der Waals surface area contributed by atoms with Crippen molar-refractivity contribution in [3.05, 3.63) is 24.0 Å². The van der Waals surface area contributed by atoms with Crippen LogP contribution in [0.3, 0.4) is 0 Å². The van der Waals surface area contributed by atoms with Crippen LogP contribution < -0.4 is 10.5 Å². The first-order valence-corrected chi connectivity index (χ1v) is 5.92. The average Bonchev–Trinajstić information content (AvgIpc) is 2.28. The van der Waals surface area contributed by atoms with Gasteiger partial charge in [0.15, 0.2) is 0 Å². The summed E-state index contributed by atoms with van der Waals surface area (Å²) in [5.74, 6) is 1.31. The molecule has 2 N–H and O–H groups in total. The van der Waals surface area contributed by atoms with Gasteiger partial charge in [-0.05, 0) is 31.4 Å². The van der Waals surface area contributed by atoms with Gasteiger partial charge in [-0.25, -0.2) is 0 Å². The second kappa shape index (κ2) is 5.85. The number of rotatable bonds is 5. The first kappa shape index (κ1) is 13.0. The maximum absolute atomic E-state index is 5.89. The summed E-state index contributed by atoms with van der Waals surface area (Å²) in [6.45, 7) is 8.40. The smallest absolute Gasteiger partial charge is 0.138 e. The number of nitrogens with zero attached hydrogens (tertiary/aromatic N) is 1. The van der Waals surface area contributed by atoms with Crippen molar-refractivity contribution in [2.75, 3.05) is 0 Å². The Balaban J connectivity index is 2.64. The predicted molar refractivity (Wildman–Crippen MR) is 66.4 cm³/mol. The minimum Gasteiger partial charge on any atom is -0.489 e. The largest absolute Gasteiger partial charge is 0.489 e. The van der Waals surface area contributed by atoms with Crippen LogP contribution in [0.2, 0.25) is 0 Å². The third-order valence-electron chi connectivity index (χ3n) is 2.84. The van der Waals surface area contributed by atoms with E-state index in [1.54, 1.807) is 6.20 Å². The summed E-state index contributed by atoms with van der Waals surface area (Å²) in [5, 5.41) is 0. The molecule has 0 bridgehead atoms. The van der Waals surface area contributed by atoms with Gasteiger partial charge in [-0.1, -0.05) is 20.8 Å². The van der Waals surface area contributed by atoms with Crippen molar-refractivity contribution < 1.29 is 4.74 Å². The summed E-state index contributed by atoms with van der Waals surface area (Å²) in [6, 6.07) is 3.91. The summed E-state index contributed by atoms with van der Waals surface area (Å²) in [7, 11) is 0. The molecule has 90 valence electrons. The lowest BCUT2D eigenvalue weighted by Gasteiger charge is -2.18. The molecule has 1 rings (SSSR count). The van der Waals surface area contributed by atoms with E-state index >= 15 is 0 Å². The fourth-order valence-electron chi connectivity index (χ4n) is 1.24. The van der Waals surface area contributed by atoms with Crippen LogP contribution in [-0.4, -0.2) is 11.1 Å². The molecule has 3 nitrogen and oxygen atoms in total. The average molecular weight is 222 g/mol. The van der Waals surface area contributed by atoms with Crippen LogP contribution >= 0.6 is 0 Å². The molecule has 0 aliphatic heterocycles. The Hall–Kier alpha value is -1.09. The lowest BCUT2D eigenvalue weighted by Crippen LogP contribution is -2.19. The highest BCUT2D eigenvalue weighted by atomic mass is 16.5. The van der Waals surface area contributed by atoms with E-state index in [0.29, 0.717) is 5.92 Å². The van der Waals surface area contributed by atoms with Crippen molar-refractivity contribution >= 4 is 0 Å². The number of ether oxygens (including phenoxy) is 1. The van der Waals surface area contributed by atoms with Gasteiger partial charge in [0.25, 0.3) is 0 Å². The topological polar surface area (TPSA) is 48.1 Å². The molecular weight excluding hydrogens is 200 g/mol. The fraction of sp³-hybridized carbons (Fsp3) is 0.615. The molecule has 0 saturated heterocycles. The molecule has 2 atom stereocenters. The van der Waals surface area contributed by atoms with Crippen LogP contribution in [0.15, 0.2) is 18.3 Å². The second-order valence-corrected chi connectivity index (χ2v) is 4.50. The molecule has 1 aromatic rings. The van der Waals surface area contributed by atoms with Crippen molar-refractivity contribution in [3.8, 4) is 5.75 Å². The van der Waals surface area contributed by atoms with Crippen LogP contribution in [0.5, 0.6) is 5.75 Å². The van der Waals surface area contributed by atoms with Crippen LogP contribution in [0.4, 0.5) is 0 Å². The maximum Gasteiger partial charge on any atom is 0.138 e. The molecule has 16 heavy (non-hydrogen) atoms. The van der Waals surface area contributed by atoms with Crippen molar-refractivity contribution in [1.82, 2.24) is 4.98 Å². The third-order valence-corrected chi connectivity index (χ3v) is 2.84. The lowest BCUT2D eigenvalue weighted by atomic mass is 10.1. The highest BCUT2D eigenvalue weighted by Gasteiger charge is 2.09. The minimum atomic E-state index is 0.0246. The van der Waals surface area contributed by atoms with Gasteiger partial charge in [0.05, 0.1) is 18.0 Å². The van der Waals surface area contributed by atoms with E-state index in [4.69, 9.17) is 10.5 Å². The minimum absolute atomic E-state index is 0.0246. The van der Waals surface area contributed by atoms with Gasteiger partial charge in [0, 0.05) is 6.04 Å². The third kappa shape index (κ3) is 3.49. The number of aromatic nitrogens is 1. The first-order chi connectivity index (χ1) is 7.54. The molecule has 1 aromatic heterocycles. The highest BCUT2D eigenvalue weighted by molar-refractivity contribution is 5.21. The van der Waals surface area contributed by atoms with E-state index in [1.165, 1.54) is 0 Å². The molecule has 1 heterocycles. The zero-order chi connectivity index (χ0) is 12.1. The van der Waals surface area contributed by atoms with E-state index in [9.17, 15) is 0 Å². The maximum atomic E-state index is 5.89. The van der Waals surface area contributed by atoms with Gasteiger partial charge in [-0.15, -0.1) is 0 Å². The summed E-state index contributed by atoms with van der Waals surface area (Å²) in [5.41, 5.74) is 6.81. The molecule has 0 fully saturated rings. The number of hydrogen-bond donors (Lipinski definition) is 1. The summed E-state index contributed by atoms with van der Waals surface area (Å²) in [4.78, 5) is 4.31. The Morgan fingerprint density at radius 2 is 2.00 bits per heavy atom. The predicted octanol–water partition coefficient (Wildman–Crippen LogP) is 2.91. The quantitative estimate of drug-likeness (QED) is 0.833. The van der Waals surface area contributed by atoms with Gasteiger partial charge in [0.1, 0.15) is 5.75 Å². The SMILES string of the molecule is CC[C@H](N)c1ccc(OC(C)C(C)C)cn1. The van der Waals surface area contributed by atoms with Gasteiger partial charge in [-0.2, -0.15) is 0 Å². The summed E-state index contributed by atoms with van der Waals surface area (Å²) >= 11 is 0. The fourth-order valence-corrected chi connectivity index (χ4v) is 1.24. The lowest BCUT2D eigenvalue weighted by molar-refractivity contribution is 0.170. The Morgan fingerprint density at radius 3 is 2.44 bits per heavy atom. The standard InChI is InChI=1S/C13H22N2O/c1-5-12(14)13-7-6-11(8-15-13)16-10(4)9(2)3/h6-10,12H,5,14H2,1-4H3/t10?,12-/m0/s1. The molecular formula is C13H22N2O. The molecule has 0 aromatic carbocycles. The molecule has 1 unspecified atom stereocenters. The first-order valence-electron chi connectivity index (χ1n) is 5.92. The molecule has 0 saturated carbocycles. The van der Waals surface area contributed by atoms with Gasteiger partial charge in [0.2, 0.25) is 0 Å². The van der Waals surface area contributed by atoms with E-state index in [2.05, 4.69) is 32.7 Å². The Labute approximate surface area is 98.0 Å². The monoisotopic (exact) mass is 222 g/mol. The zero-order valence-corrected chi connectivity index (χ0v) is 10.6. The molecule has 0 aliphatic carbocycles. The van der Waals surface area contributed by atoms with Crippen molar-refractivity contribution in [2.24, 2.45) is 11.7 Å².